The van der Waals surface area contributed by atoms with Crippen molar-refractivity contribution in [2.45, 2.75) is 13.5 Å². The van der Waals surface area contributed by atoms with Crippen LogP contribution in [0.15, 0.2) is 77.9 Å². The molecular formula is C28H21IN2O4. The largest absolute Gasteiger partial charge is 0.493 e. The second-order valence-electron chi connectivity index (χ2n) is 8.18. The topological polar surface area (TPSA) is 68.2 Å². The van der Waals surface area contributed by atoms with Crippen molar-refractivity contribution in [2.24, 2.45) is 5.10 Å². The number of carbonyl (C=O) groups excluding carboxylic acids is 2. The monoisotopic (exact) mass is 576 g/mol. The van der Waals surface area contributed by atoms with E-state index in [2.05, 4.69) is 27.7 Å². The van der Waals surface area contributed by atoms with Gasteiger partial charge in [0.25, 0.3) is 11.8 Å². The molecule has 0 aliphatic carbocycles. The van der Waals surface area contributed by atoms with Crippen LogP contribution in [0.1, 0.15) is 37.4 Å². The standard InChI is InChI=1S/C28H21IN2O4/c1-17-9-11-18(12-10-17)16-35-26-23(29)13-19(14-24(26)34-2)15-30-31-27(32)21-7-3-5-20-6-4-8-22(25(20)21)28(31)33/h3-15H,16H2,1-2H3. The van der Waals surface area contributed by atoms with Crippen LogP contribution >= 0.6 is 22.6 Å². The molecule has 0 bridgehead atoms. The van der Waals surface area contributed by atoms with E-state index in [0.717, 1.165) is 19.5 Å². The molecule has 1 aliphatic heterocycles. The number of carbonyl (C=O) groups is 2. The lowest BCUT2D eigenvalue weighted by Crippen LogP contribution is -2.36. The molecule has 0 fully saturated rings. The number of hydrazone groups is 1. The number of methoxy groups -OCH3 is 1. The Labute approximate surface area is 216 Å². The Kier molecular flexibility index (Phi) is 6.25. The predicted octanol–water partition coefficient (Wildman–Crippen LogP) is 5.97. The highest BCUT2D eigenvalue weighted by Gasteiger charge is 2.32. The molecule has 0 atom stereocenters. The van der Waals surface area contributed by atoms with Gasteiger partial charge in [-0.3, -0.25) is 9.59 Å². The number of nitrogens with zero attached hydrogens (tertiary/aromatic N) is 2. The third-order valence-electron chi connectivity index (χ3n) is 5.83. The van der Waals surface area contributed by atoms with E-state index in [1.54, 1.807) is 37.4 Å². The van der Waals surface area contributed by atoms with E-state index in [1.165, 1.54) is 11.8 Å². The summed E-state index contributed by atoms with van der Waals surface area (Å²) < 4.78 is 12.4. The van der Waals surface area contributed by atoms with Crippen molar-refractivity contribution < 1.29 is 19.1 Å². The number of hydrogen-bond acceptors (Lipinski definition) is 5. The summed E-state index contributed by atoms with van der Waals surface area (Å²) in [6.45, 7) is 2.45. The maximum atomic E-state index is 13.1. The zero-order valence-electron chi connectivity index (χ0n) is 19.1. The zero-order valence-corrected chi connectivity index (χ0v) is 21.3. The van der Waals surface area contributed by atoms with E-state index in [9.17, 15) is 9.59 Å². The van der Waals surface area contributed by atoms with Crippen molar-refractivity contribution in [3.8, 4) is 11.5 Å². The summed E-state index contributed by atoms with van der Waals surface area (Å²) >= 11 is 2.18. The lowest BCUT2D eigenvalue weighted by atomic mass is 9.95. The molecular weight excluding hydrogens is 555 g/mol. The number of ether oxygens (including phenoxy) is 2. The van der Waals surface area contributed by atoms with E-state index in [1.807, 2.05) is 49.4 Å². The normalized spacial score (nSPS) is 13.1. The molecule has 0 unspecified atom stereocenters. The smallest absolute Gasteiger partial charge is 0.282 e. The fraction of sp³-hybridized carbons (Fsp3) is 0.107. The number of halogens is 1. The maximum absolute atomic E-state index is 13.1. The van der Waals surface area contributed by atoms with E-state index < -0.39 is 11.8 Å². The summed E-state index contributed by atoms with van der Waals surface area (Å²) in [5, 5.41) is 6.70. The van der Waals surface area contributed by atoms with Crippen molar-refractivity contribution >= 4 is 51.4 Å². The summed E-state index contributed by atoms with van der Waals surface area (Å²) in [6, 6.07) is 22.6. The Bertz CT molecular complexity index is 1440. The molecule has 0 saturated carbocycles. The van der Waals surface area contributed by atoms with E-state index in [-0.39, 0.29) is 0 Å². The van der Waals surface area contributed by atoms with Crippen LogP contribution in [0.4, 0.5) is 0 Å². The number of amides is 2. The van der Waals surface area contributed by atoms with Crippen LogP contribution in [-0.2, 0) is 6.61 Å². The van der Waals surface area contributed by atoms with Gasteiger partial charge in [-0.1, -0.05) is 54.1 Å². The first-order valence-electron chi connectivity index (χ1n) is 11.0. The van der Waals surface area contributed by atoms with Gasteiger partial charge in [0, 0.05) is 5.39 Å². The van der Waals surface area contributed by atoms with Gasteiger partial charge in [0.05, 0.1) is 28.0 Å². The summed E-state index contributed by atoms with van der Waals surface area (Å²) in [4.78, 5) is 26.1. The minimum Gasteiger partial charge on any atom is -0.493 e. The fourth-order valence-electron chi connectivity index (χ4n) is 4.04. The lowest BCUT2D eigenvalue weighted by molar-refractivity contribution is 0.0616. The van der Waals surface area contributed by atoms with Crippen LogP contribution in [0.5, 0.6) is 11.5 Å². The van der Waals surface area contributed by atoms with Gasteiger partial charge >= 0.3 is 0 Å². The predicted molar refractivity (Wildman–Crippen MR) is 143 cm³/mol. The maximum Gasteiger partial charge on any atom is 0.282 e. The van der Waals surface area contributed by atoms with Crippen LogP contribution in [-0.4, -0.2) is 30.1 Å². The molecule has 0 saturated heterocycles. The van der Waals surface area contributed by atoms with Crippen LogP contribution in [0.3, 0.4) is 0 Å². The lowest BCUT2D eigenvalue weighted by Gasteiger charge is -2.23. The molecule has 0 radical (unpaired) electrons. The molecule has 7 heteroatoms. The Hall–Kier alpha value is -3.72. The second-order valence-corrected chi connectivity index (χ2v) is 9.35. The molecule has 1 heterocycles. The minimum atomic E-state index is -0.449. The van der Waals surface area contributed by atoms with Gasteiger partial charge in [-0.15, -0.1) is 0 Å². The molecule has 4 aromatic carbocycles. The average molecular weight is 576 g/mol. The highest BCUT2D eigenvalue weighted by Crippen LogP contribution is 2.35. The van der Waals surface area contributed by atoms with Gasteiger partial charge in [0.1, 0.15) is 6.61 Å². The molecule has 0 N–H and O–H groups in total. The van der Waals surface area contributed by atoms with E-state index in [0.29, 0.717) is 40.2 Å². The molecule has 0 spiro atoms. The number of rotatable bonds is 6. The van der Waals surface area contributed by atoms with Crippen molar-refractivity contribution in [1.82, 2.24) is 5.01 Å². The Morgan fingerprint density at radius 2 is 1.60 bits per heavy atom. The molecule has 1 aliphatic rings. The highest BCUT2D eigenvalue weighted by molar-refractivity contribution is 14.1. The Morgan fingerprint density at radius 3 is 2.23 bits per heavy atom. The highest BCUT2D eigenvalue weighted by atomic mass is 127. The summed E-state index contributed by atoms with van der Waals surface area (Å²) in [5.41, 5.74) is 3.84. The quantitative estimate of drug-likeness (QED) is 0.161. The van der Waals surface area contributed by atoms with Crippen molar-refractivity contribution in [1.29, 1.82) is 0 Å². The zero-order chi connectivity index (χ0) is 24.5. The average Bonchev–Trinajstić information content (AvgIpc) is 2.87. The molecule has 2 amide bonds. The van der Waals surface area contributed by atoms with Crippen LogP contribution in [0, 0.1) is 10.5 Å². The first-order chi connectivity index (χ1) is 17.0. The Morgan fingerprint density at radius 1 is 0.943 bits per heavy atom. The summed E-state index contributed by atoms with van der Waals surface area (Å²) in [6.07, 6.45) is 1.48. The van der Waals surface area contributed by atoms with Gasteiger partial charge < -0.3 is 9.47 Å². The minimum absolute atomic E-state index is 0.405. The molecule has 4 aromatic rings. The van der Waals surface area contributed by atoms with Gasteiger partial charge in [-0.05, 0) is 70.3 Å². The van der Waals surface area contributed by atoms with Gasteiger partial charge in [-0.25, -0.2) is 0 Å². The molecule has 6 nitrogen and oxygen atoms in total. The SMILES string of the molecule is COc1cc(C=NN2C(=O)c3cccc4cccc(c34)C2=O)cc(I)c1OCc1ccc(C)cc1. The van der Waals surface area contributed by atoms with Crippen LogP contribution in [0.2, 0.25) is 0 Å². The fourth-order valence-corrected chi connectivity index (χ4v) is 4.82. The van der Waals surface area contributed by atoms with Crippen molar-refractivity contribution in [2.75, 3.05) is 7.11 Å². The summed E-state index contributed by atoms with van der Waals surface area (Å²) in [7, 11) is 1.57. The molecule has 35 heavy (non-hydrogen) atoms. The van der Waals surface area contributed by atoms with Crippen LogP contribution in [0.25, 0.3) is 10.8 Å². The summed E-state index contributed by atoms with van der Waals surface area (Å²) in [5.74, 6) is 0.263. The van der Waals surface area contributed by atoms with Gasteiger partial charge in [-0.2, -0.15) is 10.1 Å². The number of imide groups is 1. The first kappa shape index (κ1) is 23.0. The van der Waals surface area contributed by atoms with Crippen molar-refractivity contribution in [3.05, 3.63) is 104 Å². The number of aryl methyl sites for hydroxylation is 1. The van der Waals surface area contributed by atoms with Crippen molar-refractivity contribution in [3.63, 3.8) is 0 Å². The van der Waals surface area contributed by atoms with E-state index in [4.69, 9.17) is 9.47 Å². The van der Waals surface area contributed by atoms with Gasteiger partial charge in [0.15, 0.2) is 11.5 Å². The number of hydrogen-bond donors (Lipinski definition) is 0. The third kappa shape index (κ3) is 4.39. The van der Waals surface area contributed by atoms with Crippen LogP contribution < -0.4 is 9.47 Å². The van der Waals surface area contributed by atoms with E-state index >= 15 is 0 Å². The molecule has 0 aromatic heterocycles. The Balaban J connectivity index is 1.41. The number of benzene rings is 4. The second kappa shape index (κ2) is 9.50. The molecule has 174 valence electrons. The third-order valence-corrected chi connectivity index (χ3v) is 6.63. The first-order valence-corrected chi connectivity index (χ1v) is 12.0. The molecule has 5 rings (SSSR count). The van der Waals surface area contributed by atoms with Gasteiger partial charge in [0.2, 0.25) is 0 Å².